The highest BCUT2D eigenvalue weighted by Crippen LogP contribution is 2.00. The van der Waals surface area contributed by atoms with Crippen LogP contribution in [0.15, 0.2) is 12.7 Å². The number of aromatic amines is 1. The SMILES string of the molecule is C=CCNC(=O)c1n[nH]nc1N. The molecule has 0 spiro atoms. The van der Waals surface area contributed by atoms with Gasteiger partial charge in [0.15, 0.2) is 11.5 Å². The first-order valence-electron chi connectivity index (χ1n) is 3.31. The number of hydrogen-bond donors (Lipinski definition) is 3. The van der Waals surface area contributed by atoms with Gasteiger partial charge in [-0.3, -0.25) is 4.79 Å². The number of H-pyrrole nitrogens is 1. The van der Waals surface area contributed by atoms with Crippen molar-refractivity contribution in [3.05, 3.63) is 18.3 Å². The second-order valence-electron chi connectivity index (χ2n) is 2.06. The monoisotopic (exact) mass is 167 g/mol. The predicted molar refractivity (Wildman–Crippen MR) is 43.3 cm³/mol. The van der Waals surface area contributed by atoms with E-state index in [1.165, 1.54) is 0 Å². The van der Waals surface area contributed by atoms with Crippen molar-refractivity contribution in [2.75, 3.05) is 12.3 Å². The molecular weight excluding hydrogens is 158 g/mol. The van der Waals surface area contributed by atoms with E-state index >= 15 is 0 Å². The number of anilines is 1. The summed E-state index contributed by atoms with van der Waals surface area (Å²) in [5.74, 6) is -0.266. The highest BCUT2D eigenvalue weighted by molar-refractivity contribution is 5.96. The maximum atomic E-state index is 11.1. The van der Waals surface area contributed by atoms with Crippen LogP contribution in [0.25, 0.3) is 0 Å². The summed E-state index contributed by atoms with van der Waals surface area (Å²) in [4.78, 5) is 11.1. The van der Waals surface area contributed by atoms with Gasteiger partial charge in [0.25, 0.3) is 5.91 Å². The number of carbonyl (C=O) groups is 1. The molecule has 1 amide bonds. The Balaban J connectivity index is 2.65. The van der Waals surface area contributed by atoms with Gasteiger partial charge in [-0.15, -0.1) is 16.8 Å². The number of hydrogen-bond acceptors (Lipinski definition) is 4. The van der Waals surface area contributed by atoms with Gasteiger partial charge in [0, 0.05) is 6.54 Å². The summed E-state index contributed by atoms with van der Waals surface area (Å²) in [5, 5.41) is 11.8. The highest BCUT2D eigenvalue weighted by atomic mass is 16.2. The minimum absolute atomic E-state index is 0.0940. The Hall–Kier alpha value is -1.85. The van der Waals surface area contributed by atoms with Crippen molar-refractivity contribution in [3.8, 4) is 0 Å². The van der Waals surface area contributed by atoms with E-state index in [0.29, 0.717) is 6.54 Å². The van der Waals surface area contributed by atoms with Crippen LogP contribution in [0.1, 0.15) is 10.5 Å². The molecule has 1 heterocycles. The molecule has 12 heavy (non-hydrogen) atoms. The minimum Gasteiger partial charge on any atom is -0.380 e. The molecule has 0 aliphatic heterocycles. The van der Waals surface area contributed by atoms with E-state index in [1.54, 1.807) is 6.08 Å². The van der Waals surface area contributed by atoms with Crippen LogP contribution in [0.3, 0.4) is 0 Å². The topological polar surface area (TPSA) is 96.7 Å². The molecular formula is C6H9N5O. The van der Waals surface area contributed by atoms with Gasteiger partial charge in [-0.2, -0.15) is 5.21 Å². The lowest BCUT2D eigenvalue weighted by atomic mass is 10.4. The van der Waals surface area contributed by atoms with E-state index in [9.17, 15) is 4.79 Å². The van der Waals surface area contributed by atoms with Gasteiger partial charge in [-0.05, 0) is 0 Å². The van der Waals surface area contributed by atoms with Crippen molar-refractivity contribution in [3.63, 3.8) is 0 Å². The van der Waals surface area contributed by atoms with Gasteiger partial charge in [0.05, 0.1) is 0 Å². The summed E-state index contributed by atoms with van der Waals surface area (Å²) in [6.45, 7) is 3.83. The average molecular weight is 167 g/mol. The van der Waals surface area contributed by atoms with Crippen LogP contribution >= 0.6 is 0 Å². The van der Waals surface area contributed by atoms with Crippen LogP contribution in [-0.4, -0.2) is 27.9 Å². The zero-order chi connectivity index (χ0) is 8.97. The minimum atomic E-state index is -0.360. The van der Waals surface area contributed by atoms with Crippen molar-refractivity contribution in [2.45, 2.75) is 0 Å². The molecule has 1 aromatic heterocycles. The second-order valence-corrected chi connectivity index (χ2v) is 2.06. The van der Waals surface area contributed by atoms with Gasteiger partial charge in [-0.25, -0.2) is 0 Å². The molecule has 64 valence electrons. The first-order chi connectivity index (χ1) is 5.75. The summed E-state index contributed by atoms with van der Waals surface area (Å²) in [5.41, 5.74) is 5.43. The molecule has 1 aromatic rings. The van der Waals surface area contributed by atoms with Crippen LogP contribution in [0, 0.1) is 0 Å². The maximum Gasteiger partial charge on any atom is 0.275 e. The first-order valence-corrected chi connectivity index (χ1v) is 3.31. The normalized spacial score (nSPS) is 9.33. The molecule has 0 saturated carbocycles. The summed E-state index contributed by atoms with van der Waals surface area (Å²) in [6.07, 6.45) is 1.56. The molecule has 0 unspecified atom stereocenters. The third kappa shape index (κ3) is 1.60. The highest BCUT2D eigenvalue weighted by Gasteiger charge is 2.11. The molecule has 0 fully saturated rings. The summed E-state index contributed by atoms with van der Waals surface area (Å²) < 4.78 is 0. The van der Waals surface area contributed by atoms with Crippen molar-refractivity contribution < 1.29 is 4.79 Å². The Morgan fingerprint density at radius 1 is 1.75 bits per heavy atom. The molecule has 1 rings (SSSR count). The Kier molecular flexibility index (Phi) is 2.42. The van der Waals surface area contributed by atoms with Crippen LogP contribution in [0.4, 0.5) is 5.82 Å². The zero-order valence-electron chi connectivity index (χ0n) is 6.37. The Bertz CT molecular complexity index is 292. The van der Waals surface area contributed by atoms with E-state index in [0.717, 1.165) is 0 Å². The predicted octanol–water partition coefficient (Wildman–Crippen LogP) is -0.697. The third-order valence-corrected chi connectivity index (χ3v) is 1.20. The average Bonchev–Trinajstić information content (AvgIpc) is 2.47. The number of nitrogens with two attached hydrogens (primary N) is 1. The summed E-state index contributed by atoms with van der Waals surface area (Å²) in [7, 11) is 0. The molecule has 0 bridgehead atoms. The molecule has 0 saturated heterocycles. The van der Waals surface area contributed by atoms with E-state index < -0.39 is 0 Å². The first kappa shape index (κ1) is 8.25. The molecule has 6 nitrogen and oxygen atoms in total. The van der Waals surface area contributed by atoms with E-state index in [1.807, 2.05) is 0 Å². The molecule has 0 atom stereocenters. The number of nitrogens with zero attached hydrogens (tertiary/aromatic N) is 2. The van der Waals surface area contributed by atoms with E-state index in [2.05, 4.69) is 27.3 Å². The van der Waals surface area contributed by atoms with Crippen molar-refractivity contribution >= 4 is 11.7 Å². The van der Waals surface area contributed by atoms with Crippen molar-refractivity contribution in [2.24, 2.45) is 0 Å². The number of nitrogen functional groups attached to an aromatic ring is 1. The van der Waals surface area contributed by atoms with Gasteiger partial charge < -0.3 is 11.1 Å². The third-order valence-electron chi connectivity index (χ3n) is 1.20. The maximum absolute atomic E-state index is 11.1. The van der Waals surface area contributed by atoms with Gasteiger partial charge in [-0.1, -0.05) is 6.08 Å². The number of nitrogens with one attached hydrogen (secondary N) is 2. The molecule has 0 aliphatic carbocycles. The summed E-state index contributed by atoms with van der Waals surface area (Å²) in [6, 6.07) is 0. The lowest BCUT2D eigenvalue weighted by Crippen LogP contribution is -2.24. The van der Waals surface area contributed by atoms with Crippen LogP contribution in [0.5, 0.6) is 0 Å². The van der Waals surface area contributed by atoms with E-state index in [4.69, 9.17) is 5.73 Å². The molecule has 0 aromatic carbocycles. The Labute approximate surface area is 68.8 Å². The van der Waals surface area contributed by atoms with Gasteiger partial charge in [0.1, 0.15) is 0 Å². The Morgan fingerprint density at radius 3 is 3.00 bits per heavy atom. The van der Waals surface area contributed by atoms with Crippen LogP contribution in [0.2, 0.25) is 0 Å². The molecule has 4 N–H and O–H groups in total. The number of amides is 1. The fraction of sp³-hybridized carbons (Fsp3) is 0.167. The Morgan fingerprint density at radius 2 is 2.50 bits per heavy atom. The van der Waals surface area contributed by atoms with Crippen molar-refractivity contribution in [1.29, 1.82) is 0 Å². The largest absolute Gasteiger partial charge is 0.380 e. The smallest absolute Gasteiger partial charge is 0.275 e. The van der Waals surface area contributed by atoms with Crippen LogP contribution in [-0.2, 0) is 0 Å². The number of aromatic nitrogens is 3. The zero-order valence-corrected chi connectivity index (χ0v) is 6.37. The van der Waals surface area contributed by atoms with Gasteiger partial charge in [0.2, 0.25) is 0 Å². The molecule has 0 aliphatic rings. The molecule has 6 heteroatoms. The fourth-order valence-corrected chi connectivity index (χ4v) is 0.655. The lowest BCUT2D eigenvalue weighted by molar-refractivity contribution is 0.0954. The van der Waals surface area contributed by atoms with Gasteiger partial charge >= 0.3 is 0 Å². The standard InChI is InChI=1S/C6H9N5O/c1-2-3-8-6(12)4-5(7)10-11-9-4/h2H,1,3H2,(H,8,12)(H3,7,9,10,11). The van der Waals surface area contributed by atoms with Crippen molar-refractivity contribution in [1.82, 2.24) is 20.7 Å². The van der Waals surface area contributed by atoms with Crippen LogP contribution < -0.4 is 11.1 Å². The summed E-state index contributed by atoms with van der Waals surface area (Å²) >= 11 is 0. The number of carbonyl (C=O) groups excluding carboxylic acids is 1. The second kappa shape index (κ2) is 3.51. The molecule has 0 radical (unpaired) electrons. The fourth-order valence-electron chi connectivity index (χ4n) is 0.655. The lowest BCUT2D eigenvalue weighted by Gasteiger charge is -1.96. The number of rotatable bonds is 3. The van der Waals surface area contributed by atoms with E-state index in [-0.39, 0.29) is 17.4 Å². The quantitative estimate of drug-likeness (QED) is 0.519.